The molecule has 4 rings (SSSR count). The Morgan fingerprint density at radius 2 is 1.65 bits per heavy atom. The molecule has 3 aromatic rings. The fraction of sp³-hybridized carbons (Fsp3) is 0.296. The number of fused-ring (bicyclic) bond motifs is 1. The van der Waals surface area contributed by atoms with Crippen molar-refractivity contribution in [1.82, 2.24) is 10.2 Å². The summed E-state index contributed by atoms with van der Waals surface area (Å²) < 4.78 is 5.51. The van der Waals surface area contributed by atoms with Gasteiger partial charge >= 0.3 is 0 Å². The summed E-state index contributed by atoms with van der Waals surface area (Å²) in [5.41, 5.74) is 5.09. The van der Waals surface area contributed by atoms with Gasteiger partial charge in [-0.3, -0.25) is 9.69 Å². The fourth-order valence-electron chi connectivity index (χ4n) is 4.44. The highest BCUT2D eigenvalue weighted by atomic mass is 16.5. The SMILES string of the molecule is COc1cccc2c1CN(CC(=O)NCCC(c1ccccc1)c1ccccc1)CC2. The molecule has 1 aliphatic rings. The van der Waals surface area contributed by atoms with Crippen LogP contribution in [0.3, 0.4) is 0 Å². The van der Waals surface area contributed by atoms with E-state index >= 15 is 0 Å². The van der Waals surface area contributed by atoms with Gasteiger partial charge in [0, 0.05) is 31.1 Å². The van der Waals surface area contributed by atoms with Crippen LogP contribution in [0.5, 0.6) is 5.75 Å². The number of amides is 1. The number of rotatable bonds is 8. The topological polar surface area (TPSA) is 41.6 Å². The van der Waals surface area contributed by atoms with Gasteiger partial charge in [-0.2, -0.15) is 0 Å². The Morgan fingerprint density at radius 1 is 0.968 bits per heavy atom. The highest BCUT2D eigenvalue weighted by molar-refractivity contribution is 5.78. The van der Waals surface area contributed by atoms with Crippen LogP contribution in [0.4, 0.5) is 0 Å². The molecular formula is C27H30N2O2. The minimum Gasteiger partial charge on any atom is -0.496 e. The van der Waals surface area contributed by atoms with E-state index in [1.54, 1.807) is 7.11 Å². The van der Waals surface area contributed by atoms with Gasteiger partial charge in [0.25, 0.3) is 0 Å². The number of nitrogens with one attached hydrogen (secondary N) is 1. The lowest BCUT2D eigenvalue weighted by molar-refractivity contribution is -0.122. The number of benzene rings is 3. The van der Waals surface area contributed by atoms with E-state index in [0.717, 1.165) is 31.7 Å². The average Bonchev–Trinajstić information content (AvgIpc) is 2.82. The average molecular weight is 415 g/mol. The molecule has 0 saturated carbocycles. The van der Waals surface area contributed by atoms with Crippen molar-refractivity contribution in [3.63, 3.8) is 0 Å². The van der Waals surface area contributed by atoms with Crippen LogP contribution in [0.15, 0.2) is 78.9 Å². The van der Waals surface area contributed by atoms with Crippen molar-refractivity contribution in [3.8, 4) is 5.75 Å². The molecule has 0 bridgehead atoms. The smallest absolute Gasteiger partial charge is 0.234 e. The number of ether oxygens (including phenoxy) is 1. The van der Waals surface area contributed by atoms with E-state index < -0.39 is 0 Å². The van der Waals surface area contributed by atoms with E-state index in [0.29, 0.717) is 13.1 Å². The monoisotopic (exact) mass is 414 g/mol. The second-order valence-corrected chi connectivity index (χ2v) is 8.07. The van der Waals surface area contributed by atoms with E-state index in [1.807, 2.05) is 24.3 Å². The zero-order valence-corrected chi connectivity index (χ0v) is 18.1. The van der Waals surface area contributed by atoms with Crippen LogP contribution >= 0.6 is 0 Å². The molecule has 4 nitrogen and oxygen atoms in total. The van der Waals surface area contributed by atoms with Gasteiger partial charge in [0.05, 0.1) is 13.7 Å². The van der Waals surface area contributed by atoms with Gasteiger partial charge in [-0.05, 0) is 35.6 Å². The summed E-state index contributed by atoms with van der Waals surface area (Å²) in [6, 6.07) is 27.2. The van der Waals surface area contributed by atoms with E-state index in [1.165, 1.54) is 22.3 Å². The lowest BCUT2D eigenvalue weighted by atomic mass is 9.88. The Balaban J connectivity index is 1.33. The zero-order chi connectivity index (χ0) is 21.5. The van der Waals surface area contributed by atoms with Crippen LogP contribution in [-0.2, 0) is 17.8 Å². The number of hydrogen-bond donors (Lipinski definition) is 1. The first kappa shape index (κ1) is 21.1. The van der Waals surface area contributed by atoms with Crippen molar-refractivity contribution < 1.29 is 9.53 Å². The molecule has 31 heavy (non-hydrogen) atoms. The highest BCUT2D eigenvalue weighted by Crippen LogP contribution is 2.28. The largest absolute Gasteiger partial charge is 0.496 e. The summed E-state index contributed by atoms with van der Waals surface area (Å²) in [6.07, 6.45) is 1.82. The van der Waals surface area contributed by atoms with Gasteiger partial charge in [0.15, 0.2) is 0 Å². The van der Waals surface area contributed by atoms with E-state index in [9.17, 15) is 4.79 Å². The van der Waals surface area contributed by atoms with Crippen LogP contribution in [0.25, 0.3) is 0 Å². The van der Waals surface area contributed by atoms with Gasteiger partial charge in [-0.1, -0.05) is 72.8 Å². The number of nitrogens with zero attached hydrogens (tertiary/aromatic N) is 1. The molecule has 4 heteroatoms. The van der Waals surface area contributed by atoms with Crippen molar-refractivity contribution in [2.24, 2.45) is 0 Å². The summed E-state index contributed by atoms with van der Waals surface area (Å²) in [7, 11) is 1.71. The molecule has 0 aliphatic carbocycles. The molecule has 0 radical (unpaired) electrons. The molecule has 1 amide bonds. The van der Waals surface area contributed by atoms with Crippen molar-refractivity contribution in [2.45, 2.75) is 25.3 Å². The number of hydrogen-bond acceptors (Lipinski definition) is 3. The maximum absolute atomic E-state index is 12.6. The lowest BCUT2D eigenvalue weighted by Gasteiger charge is -2.29. The maximum Gasteiger partial charge on any atom is 0.234 e. The van der Waals surface area contributed by atoms with Crippen LogP contribution in [0, 0.1) is 0 Å². The molecule has 0 aromatic heterocycles. The molecule has 1 N–H and O–H groups in total. The third kappa shape index (κ3) is 5.33. The maximum atomic E-state index is 12.6. The Labute approximate surface area is 184 Å². The van der Waals surface area contributed by atoms with Gasteiger partial charge in [-0.25, -0.2) is 0 Å². The Kier molecular flexibility index (Phi) is 7.00. The van der Waals surface area contributed by atoms with Gasteiger partial charge in [-0.15, -0.1) is 0 Å². The Morgan fingerprint density at radius 3 is 2.29 bits per heavy atom. The molecule has 1 heterocycles. The normalized spacial score (nSPS) is 13.6. The standard InChI is InChI=1S/C27H30N2O2/c1-31-26-14-8-13-23-16-18-29(19-25(23)26)20-27(30)28-17-15-24(21-9-4-2-5-10-21)22-11-6-3-7-12-22/h2-14,24H,15-20H2,1H3,(H,28,30). The zero-order valence-electron chi connectivity index (χ0n) is 18.1. The van der Waals surface area contributed by atoms with Crippen molar-refractivity contribution in [2.75, 3.05) is 26.7 Å². The van der Waals surface area contributed by atoms with E-state index in [4.69, 9.17) is 4.74 Å². The van der Waals surface area contributed by atoms with Gasteiger partial charge in [0.2, 0.25) is 5.91 Å². The lowest BCUT2D eigenvalue weighted by Crippen LogP contribution is -2.40. The molecule has 0 unspecified atom stereocenters. The predicted molar refractivity (Wildman–Crippen MR) is 124 cm³/mol. The third-order valence-corrected chi connectivity index (χ3v) is 6.06. The second kappa shape index (κ2) is 10.3. The molecule has 3 aromatic carbocycles. The molecule has 160 valence electrons. The van der Waals surface area contributed by atoms with Crippen LogP contribution < -0.4 is 10.1 Å². The first-order valence-electron chi connectivity index (χ1n) is 11.0. The number of methoxy groups -OCH3 is 1. The Hall–Kier alpha value is -3.11. The van der Waals surface area contributed by atoms with Crippen molar-refractivity contribution >= 4 is 5.91 Å². The summed E-state index contributed by atoms with van der Waals surface area (Å²) in [5.74, 6) is 1.27. The minimum atomic E-state index is 0.0817. The molecule has 1 aliphatic heterocycles. The van der Waals surface area contributed by atoms with E-state index in [-0.39, 0.29) is 11.8 Å². The molecule has 0 spiro atoms. The van der Waals surface area contributed by atoms with Crippen LogP contribution in [0.1, 0.15) is 34.6 Å². The predicted octanol–water partition coefficient (Wildman–Crippen LogP) is 4.39. The van der Waals surface area contributed by atoms with Crippen LogP contribution in [0.2, 0.25) is 0 Å². The summed E-state index contributed by atoms with van der Waals surface area (Å²) in [6.45, 7) is 2.72. The second-order valence-electron chi connectivity index (χ2n) is 8.07. The summed E-state index contributed by atoms with van der Waals surface area (Å²) in [5, 5.41) is 3.14. The first-order chi connectivity index (χ1) is 15.2. The quantitative estimate of drug-likeness (QED) is 0.594. The number of carbonyl (C=O) groups is 1. The van der Waals surface area contributed by atoms with Gasteiger partial charge in [0.1, 0.15) is 5.75 Å². The molecule has 0 saturated heterocycles. The van der Waals surface area contributed by atoms with Gasteiger partial charge < -0.3 is 10.1 Å². The number of carbonyl (C=O) groups excluding carboxylic acids is 1. The highest BCUT2D eigenvalue weighted by Gasteiger charge is 2.21. The molecule has 0 fully saturated rings. The summed E-state index contributed by atoms with van der Waals surface area (Å²) in [4.78, 5) is 14.8. The summed E-state index contributed by atoms with van der Waals surface area (Å²) >= 11 is 0. The molecular weight excluding hydrogens is 384 g/mol. The minimum absolute atomic E-state index is 0.0817. The first-order valence-corrected chi connectivity index (χ1v) is 11.0. The fourth-order valence-corrected chi connectivity index (χ4v) is 4.44. The van der Waals surface area contributed by atoms with Crippen molar-refractivity contribution in [3.05, 3.63) is 101 Å². The third-order valence-electron chi connectivity index (χ3n) is 6.06. The van der Waals surface area contributed by atoms with Crippen molar-refractivity contribution in [1.29, 1.82) is 0 Å². The van der Waals surface area contributed by atoms with Crippen LogP contribution in [-0.4, -0.2) is 37.6 Å². The molecule has 0 atom stereocenters. The Bertz CT molecular complexity index is 935. The van der Waals surface area contributed by atoms with E-state index in [2.05, 4.69) is 64.8 Å².